The zero-order chi connectivity index (χ0) is 12.5. The number of carboxylic acid groups (broad SMARTS) is 1. The number of para-hydroxylation sites is 2. The van der Waals surface area contributed by atoms with E-state index in [1.807, 2.05) is 29.2 Å². The van der Waals surface area contributed by atoms with E-state index in [0.717, 1.165) is 30.5 Å². The van der Waals surface area contributed by atoms with Gasteiger partial charge in [0.1, 0.15) is 5.52 Å². The summed E-state index contributed by atoms with van der Waals surface area (Å²) in [5.41, 5.74) is 1.55. The lowest BCUT2D eigenvalue weighted by Crippen LogP contribution is -2.38. The first kappa shape index (κ1) is 11.1. The lowest BCUT2D eigenvalue weighted by Gasteiger charge is -2.29. The monoisotopic (exact) mass is 246 g/mol. The van der Waals surface area contributed by atoms with E-state index < -0.39 is 5.97 Å². The second-order valence-corrected chi connectivity index (χ2v) is 4.59. The Bertz CT molecular complexity index is 545. The third-order valence-corrected chi connectivity index (χ3v) is 3.32. The molecule has 0 saturated carbocycles. The van der Waals surface area contributed by atoms with Gasteiger partial charge in [-0.2, -0.15) is 4.98 Å². The molecular formula is C13H14N2O3. The number of hydrogen-bond donors (Lipinski definition) is 1. The molecule has 5 nitrogen and oxygen atoms in total. The molecule has 0 bridgehead atoms. The number of hydrogen-bond acceptors (Lipinski definition) is 4. The number of fused-ring (bicyclic) bond motifs is 1. The van der Waals surface area contributed by atoms with Crippen LogP contribution in [0.5, 0.6) is 0 Å². The van der Waals surface area contributed by atoms with Crippen molar-refractivity contribution in [1.29, 1.82) is 0 Å². The number of rotatable bonds is 2. The standard InChI is InChI=1S/C13H14N2O3/c16-12(17)9-4-3-7-15(8-9)13-14-10-5-1-2-6-11(10)18-13/h1-2,5-6,9H,3-4,7-8H2,(H,16,17)/t9-/m0/s1. The minimum Gasteiger partial charge on any atom is -0.481 e. The van der Waals surface area contributed by atoms with Crippen LogP contribution in [0.4, 0.5) is 6.01 Å². The number of carbonyl (C=O) groups is 1. The van der Waals surface area contributed by atoms with Crippen LogP contribution in [0.2, 0.25) is 0 Å². The second-order valence-electron chi connectivity index (χ2n) is 4.59. The summed E-state index contributed by atoms with van der Waals surface area (Å²) in [6, 6.07) is 8.09. The highest BCUT2D eigenvalue weighted by Crippen LogP contribution is 2.26. The van der Waals surface area contributed by atoms with Crippen molar-refractivity contribution in [2.45, 2.75) is 12.8 Å². The molecule has 2 aromatic rings. The number of oxazole rings is 1. The Balaban J connectivity index is 1.87. The molecular weight excluding hydrogens is 232 g/mol. The van der Waals surface area contributed by atoms with Gasteiger partial charge in [-0.1, -0.05) is 12.1 Å². The summed E-state index contributed by atoms with van der Waals surface area (Å²) in [6.07, 6.45) is 1.59. The smallest absolute Gasteiger partial charge is 0.308 e. The Morgan fingerprint density at radius 1 is 1.44 bits per heavy atom. The van der Waals surface area contributed by atoms with Crippen molar-refractivity contribution in [3.8, 4) is 0 Å². The van der Waals surface area contributed by atoms with E-state index in [4.69, 9.17) is 9.52 Å². The first-order valence-electron chi connectivity index (χ1n) is 6.07. The van der Waals surface area contributed by atoms with Gasteiger partial charge in [-0.05, 0) is 25.0 Å². The number of carboxylic acids is 1. The highest BCUT2D eigenvalue weighted by molar-refractivity contribution is 5.75. The summed E-state index contributed by atoms with van der Waals surface area (Å²) in [7, 11) is 0. The third-order valence-electron chi connectivity index (χ3n) is 3.32. The van der Waals surface area contributed by atoms with Gasteiger partial charge in [0.2, 0.25) is 0 Å². The van der Waals surface area contributed by atoms with Gasteiger partial charge >= 0.3 is 5.97 Å². The number of anilines is 1. The first-order chi connectivity index (χ1) is 8.74. The van der Waals surface area contributed by atoms with Crippen molar-refractivity contribution < 1.29 is 14.3 Å². The Hall–Kier alpha value is -2.04. The van der Waals surface area contributed by atoms with Crippen LogP contribution in [0.1, 0.15) is 12.8 Å². The van der Waals surface area contributed by atoms with Gasteiger partial charge in [0, 0.05) is 13.1 Å². The van der Waals surface area contributed by atoms with Gasteiger partial charge in [0.05, 0.1) is 5.92 Å². The molecule has 1 atom stereocenters. The second kappa shape index (κ2) is 4.33. The van der Waals surface area contributed by atoms with E-state index in [9.17, 15) is 4.79 Å². The van der Waals surface area contributed by atoms with Crippen LogP contribution >= 0.6 is 0 Å². The lowest BCUT2D eigenvalue weighted by molar-refractivity contribution is -0.141. The Morgan fingerprint density at radius 3 is 3.06 bits per heavy atom. The van der Waals surface area contributed by atoms with E-state index in [-0.39, 0.29) is 5.92 Å². The maximum atomic E-state index is 11.0. The van der Waals surface area contributed by atoms with Crippen LogP contribution in [0.3, 0.4) is 0 Å². The maximum absolute atomic E-state index is 11.0. The Labute approximate surface area is 104 Å². The van der Waals surface area contributed by atoms with Crippen molar-refractivity contribution in [2.75, 3.05) is 18.0 Å². The summed E-state index contributed by atoms with van der Waals surface area (Å²) in [4.78, 5) is 17.3. The fourth-order valence-corrected chi connectivity index (χ4v) is 2.35. The molecule has 0 aliphatic carbocycles. The molecule has 1 saturated heterocycles. The summed E-state index contributed by atoms with van der Waals surface area (Å²) in [6.45, 7) is 1.28. The minimum absolute atomic E-state index is 0.325. The van der Waals surface area contributed by atoms with Crippen molar-refractivity contribution in [1.82, 2.24) is 4.98 Å². The van der Waals surface area contributed by atoms with Gasteiger partial charge in [0.15, 0.2) is 5.58 Å². The number of piperidine rings is 1. The van der Waals surface area contributed by atoms with Crippen molar-refractivity contribution in [2.24, 2.45) is 5.92 Å². The van der Waals surface area contributed by atoms with E-state index in [1.54, 1.807) is 0 Å². The minimum atomic E-state index is -0.740. The van der Waals surface area contributed by atoms with Crippen LogP contribution in [-0.4, -0.2) is 29.1 Å². The van der Waals surface area contributed by atoms with Crippen LogP contribution in [0.15, 0.2) is 28.7 Å². The van der Waals surface area contributed by atoms with Gasteiger partial charge < -0.3 is 14.4 Å². The highest BCUT2D eigenvalue weighted by atomic mass is 16.4. The van der Waals surface area contributed by atoms with Gasteiger partial charge in [-0.15, -0.1) is 0 Å². The van der Waals surface area contributed by atoms with Gasteiger partial charge in [-0.25, -0.2) is 0 Å². The molecule has 2 heterocycles. The molecule has 94 valence electrons. The van der Waals surface area contributed by atoms with Gasteiger partial charge in [-0.3, -0.25) is 4.79 Å². The number of benzene rings is 1. The number of aliphatic carboxylic acids is 1. The maximum Gasteiger partial charge on any atom is 0.308 e. The first-order valence-corrected chi connectivity index (χ1v) is 6.07. The quantitative estimate of drug-likeness (QED) is 0.879. The molecule has 0 unspecified atom stereocenters. The van der Waals surface area contributed by atoms with E-state index in [1.165, 1.54) is 0 Å². The summed E-state index contributed by atoms with van der Waals surface area (Å²) in [5.74, 6) is -1.07. The van der Waals surface area contributed by atoms with E-state index in [2.05, 4.69) is 4.98 Å². The molecule has 1 aliphatic rings. The summed E-state index contributed by atoms with van der Waals surface area (Å²) < 4.78 is 5.66. The predicted octanol–water partition coefficient (Wildman–Crippen LogP) is 2.13. The zero-order valence-electron chi connectivity index (χ0n) is 9.87. The molecule has 18 heavy (non-hydrogen) atoms. The normalized spacial score (nSPS) is 20.2. The summed E-state index contributed by atoms with van der Waals surface area (Å²) in [5, 5.41) is 9.07. The molecule has 1 aromatic heterocycles. The molecule has 0 spiro atoms. The largest absolute Gasteiger partial charge is 0.481 e. The SMILES string of the molecule is O=C(O)[C@H]1CCCN(c2nc3ccccc3o2)C1. The fraction of sp³-hybridized carbons (Fsp3) is 0.385. The topological polar surface area (TPSA) is 66.6 Å². The number of nitrogens with zero attached hydrogens (tertiary/aromatic N) is 2. The van der Waals surface area contributed by atoms with Crippen LogP contribution < -0.4 is 4.90 Å². The van der Waals surface area contributed by atoms with Crippen LogP contribution in [0, 0.1) is 5.92 Å². The predicted molar refractivity (Wildman–Crippen MR) is 66.6 cm³/mol. The van der Waals surface area contributed by atoms with Crippen molar-refractivity contribution >= 4 is 23.1 Å². The van der Waals surface area contributed by atoms with Crippen molar-refractivity contribution in [3.05, 3.63) is 24.3 Å². The van der Waals surface area contributed by atoms with Crippen LogP contribution in [-0.2, 0) is 4.79 Å². The fourth-order valence-electron chi connectivity index (χ4n) is 2.35. The molecule has 5 heteroatoms. The van der Waals surface area contributed by atoms with Gasteiger partial charge in [0.25, 0.3) is 6.01 Å². The molecule has 0 amide bonds. The summed E-state index contributed by atoms with van der Waals surface area (Å²) >= 11 is 0. The average Bonchev–Trinajstić information content (AvgIpc) is 2.82. The molecule has 0 radical (unpaired) electrons. The molecule has 1 aliphatic heterocycles. The Morgan fingerprint density at radius 2 is 2.28 bits per heavy atom. The average molecular weight is 246 g/mol. The molecule has 1 N–H and O–H groups in total. The number of aromatic nitrogens is 1. The Kier molecular flexibility index (Phi) is 2.66. The van der Waals surface area contributed by atoms with E-state index in [0.29, 0.717) is 12.6 Å². The lowest BCUT2D eigenvalue weighted by atomic mass is 9.99. The molecule has 1 fully saturated rings. The van der Waals surface area contributed by atoms with Crippen LogP contribution in [0.25, 0.3) is 11.1 Å². The third kappa shape index (κ3) is 1.92. The zero-order valence-corrected chi connectivity index (χ0v) is 9.87. The molecule has 1 aromatic carbocycles. The van der Waals surface area contributed by atoms with E-state index >= 15 is 0 Å². The molecule has 3 rings (SSSR count). The van der Waals surface area contributed by atoms with Crippen molar-refractivity contribution in [3.63, 3.8) is 0 Å². The highest BCUT2D eigenvalue weighted by Gasteiger charge is 2.27.